The van der Waals surface area contributed by atoms with Gasteiger partial charge in [-0.25, -0.2) is 9.18 Å². The summed E-state index contributed by atoms with van der Waals surface area (Å²) in [5.41, 5.74) is 0.121. The second kappa shape index (κ2) is 15.3. The summed E-state index contributed by atoms with van der Waals surface area (Å²) in [7, 11) is 0. The molecule has 0 saturated heterocycles. The lowest BCUT2D eigenvalue weighted by Crippen LogP contribution is -2.39. The average Bonchev–Trinajstić information content (AvgIpc) is 3.72. The zero-order valence-corrected chi connectivity index (χ0v) is 27.0. The lowest BCUT2D eigenvalue weighted by molar-refractivity contribution is -0.143. The van der Waals surface area contributed by atoms with Gasteiger partial charge in [-0.2, -0.15) is 9.97 Å². The van der Waals surface area contributed by atoms with E-state index in [0.717, 1.165) is 11.6 Å². The molecule has 0 aliphatic carbocycles. The van der Waals surface area contributed by atoms with Crippen LogP contribution >= 0.6 is 0 Å². The zero-order valence-electron chi connectivity index (χ0n) is 27.0. The van der Waals surface area contributed by atoms with E-state index in [1.54, 1.807) is 39.8 Å². The number of rotatable bonds is 13. The Hall–Kier alpha value is -5.34. The van der Waals surface area contributed by atoms with Crippen molar-refractivity contribution in [2.24, 2.45) is 0 Å². The van der Waals surface area contributed by atoms with Crippen molar-refractivity contribution in [3.05, 3.63) is 65.6 Å². The fourth-order valence-electron chi connectivity index (χ4n) is 4.06. The number of carbonyl (C=O) groups is 3. The van der Waals surface area contributed by atoms with Crippen LogP contribution in [0.4, 0.5) is 9.18 Å². The van der Waals surface area contributed by atoms with Gasteiger partial charge in [0.05, 0.1) is 11.6 Å². The molecule has 2 atom stereocenters. The first-order valence-corrected chi connectivity index (χ1v) is 15.0. The van der Waals surface area contributed by atoms with Crippen molar-refractivity contribution in [1.29, 1.82) is 0 Å². The number of nitrogens with zero attached hydrogens (tertiary/aromatic N) is 4. The molecule has 14 nitrogen and oxygen atoms in total. The van der Waals surface area contributed by atoms with Crippen molar-refractivity contribution >= 4 is 18.0 Å². The van der Waals surface area contributed by atoms with E-state index in [1.807, 2.05) is 26.0 Å². The number of amides is 2. The van der Waals surface area contributed by atoms with Gasteiger partial charge >= 0.3 is 12.1 Å². The summed E-state index contributed by atoms with van der Waals surface area (Å²) in [5.74, 6) is -0.346. The normalized spacial score (nSPS) is 12.6. The lowest BCUT2D eigenvalue weighted by Gasteiger charge is -2.19. The third-order valence-corrected chi connectivity index (χ3v) is 6.37. The first-order chi connectivity index (χ1) is 22.3. The van der Waals surface area contributed by atoms with Crippen LogP contribution in [0.25, 0.3) is 22.8 Å². The quantitative estimate of drug-likeness (QED) is 0.180. The van der Waals surface area contributed by atoms with Crippen LogP contribution in [0.1, 0.15) is 76.2 Å². The van der Waals surface area contributed by atoms with Crippen molar-refractivity contribution in [3.63, 3.8) is 0 Å². The highest BCUT2D eigenvalue weighted by Crippen LogP contribution is 2.28. The summed E-state index contributed by atoms with van der Waals surface area (Å²) >= 11 is 0. The highest BCUT2D eigenvalue weighted by molar-refractivity contribution is 5.95. The molecule has 0 radical (unpaired) electrons. The summed E-state index contributed by atoms with van der Waals surface area (Å²) in [6.07, 6.45) is -0.184. The van der Waals surface area contributed by atoms with E-state index in [-0.39, 0.29) is 23.9 Å². The highest BCUT2D eigenvalue weighted by Gasteiger charge is 2.22. The maximum absolute atomic E-state index is 15.0. The lowest BCUT2D eigenvalue weighted by atomic mass is 10.1. The van der Waals surface area contributed by atoms with Gasteiger partial charge in [-0.1, -0.05) is 30.2 Å². The Morgan fingerprint density at radius 3 is 2.28 bits per heavy atom. The first-order valence-electron chi connectivity index (χ1n) is 15.0. The third-order valence-electron chi connectivity index (χ3n) is 6.37. The van der Waals surface area contributed by atoms with E-state index < -0.39 is 48.1 Å². The summed E-state index contributed by atoms with van der Waals surface area (Å²) in [4.78, 5) is 45.0. The number of nitrogens with one attached hydrogen (secondary N) is 2. The molecule has 0 bridgehead atoms. The third kappa shape index (κ3) is 9.82. The molecule has 15 heteroatoms. The molecule has 0 spiro atoms. The summed E-state index contributed by atoms with van der Waals surface area (Å²) in [6.45, 7) is 9.86. The number of aromatic nitrogens is 4. The van der Waals surface area contributed by atoms with Crippen molar-refractivity contribution in [2.75, 3.05) is 13.2 Å². The van der Waals surface area contributed by atoms with Crippen LogP contribution in [0.2, 0.25) is 0 Å². The van der Waals surface area contributed by atoms with E-state index >= 15 is 4.39 Å². The van der Waals surface area contributed by atoms with Gasteiger partial charge in [-0.3, -0.25) is 9.59 Å². The number of carbonyl (C=O) groups excluding carboxylic acids is 3. The average molecular weight is 653 g/mol. The molecule has 2 heterocycles. The van der Waals surface area contributed by atoms with Crippen LogP contribution in [0.5, 0.6) is 5.75 Å². The number of benzene rings is 2. The Balaban J connectivity index is 1.30. The van der Waals surface area contributed by atoms with Gasteiger partial charge in [0.25, 0.3) is 11.8 Å². The van der Waals surface area contributed by atoms with E-state index in [4.69, 9.17) is 23.3 Å². The van der Waals surface area contributed by atoms with Crippen LogP contribution in [-0.2, 0) is 20.7 Å². The first kappa shape index (κ1) is 34.5. The van der Waals surface area contributed by atoms with E-state index in [0.29, 0.717) is 35.9 Å². The molecular weight excluding hydrogens is 615 g/mol. The van der Waals surface area contributed by atoms with E-state index in [1.165, 1.54) is 12.1 Å². The zero-order chi connectivity index (χ0) is 34.1. The summed E-state index contributed by atoms with van der Waals surface area (Å²) < 4.78 is 41.8. The Labute approximate surface area is 270 Å². The van der Waals surface area contributed by atoms with Gasteiger partial charge in [0.2, 0.25) is 17.5 Å². The van der Waals surface area contributed by atoms with Gasteiger partial charge in [-0.15, -0.1) is 0 Å². The number of alkyl carbamates (subject to hydrolysis) is 1. The Morgan fingerprint density at radius 1 is 0.957 bits per heavy atom. The Bertz CT molecular complexity index is 1680. The second-order valence-corrected chi connectivity index (χ2v) is 11.5. The Kier molecular flexibility index (Phi) is 11.2. The summed E-state index contributed by atoms with van der Waals surface area (Å²) in [5, 5.41) is 12.8. The number of halogens is 1. The minimum absolute atomic E-state index is 0.118. The number of aryl methyl sites for hydroxylation is 1. The number of hydrogen-bond acceptors (Lipinski definition) is 12. The smallest absolute Gasteiger partial charge is 0.408 e. The van der Waals surface area contributed by atoms with Gasteiger partial charge in [-0.05, 0) is 70.5 Å². The molecule has 250 valence electrons. The predicted molar refractivity (Wildman–Crippen MR) is 165 cm³/mol. The number of ether oxygens (including phenoxy) is 3. The maximum atomic E-state index is 15.0. The molecule has 2 N–H and O–H groups in total. The van der Waals surface area contributed by atoms with Gasteiger partial charge in [0.1, 0.15) is 30.3 Å². The molecule has 4 rings (SSSR count). The standard InChI is InChI=1S/C32H37FN6O8/c1-7-24(44-21-12-9-19(10-13-21)27-36-25(8-2)46-38-27)30-37-28(39-47-30)20-11-14-22(23(33)15-20)29(41)35-18(3)17-43-26(40)16-34-31(42)45-32(4,5)6/h9-15,18,24H,7-8,16-17H2,1-6H3,(H,34,42)(H,35,41)/t18-,24?/m0/s1. The van der Waals surface area contributed by atoms with Gasteiger partial charge < -0.3 is 33.9 Å². The largest absolute Gasteiger partial charge is 0.481 e. The molecule has 4 aromatic rings. The molecule has 0 saturated carbocycles. The van der Waals surface area contributed by atoms with Crippen molar-refractivity contribution in [3.8, 4) is 28.5 Å². The SMILES string of the molecule is CCc1nc(-c2ccc(OC(CC)c3nc(-c4ccc(C(=O)N[C@@H](C)COC(=O)CNC(=O)OC(C)(C)C)c(F)c4)no3)cc2)no1. The predicted octanol–water partition coefficient (Wildman–Crippen LogP) is 5.20. The fourth-order valence-corrected chi connectivity index (χ4v) is 4.06. The van der Waals surface area contributed by atoms with Crippen molar-refractivity contribution < 1.29 is 42.0 Å². The Morgan fingerprint density at radius 2 is 1.64 bits per heavy atom. The molecule has 0 aliphatic rings. The molecule has 0 fully saturated rings. The van der Waals surface area contributed by atoms with Crippen LogP contribution in [0.3, 0.4) is 0 Å². The molecule has 0 aliphatic heterocycles. The van der Waals surface area contributed by atoms with Crippen molar-refractivity contribution in [2.45, 2.75) is 72.1 Å². The number of esters is 1. The minimum Gasteiger partial charge on any atom is -0.481 e. The molecule has 47 heavy (non-hydrogen) atoms. The van der Waals surface area contributed by atoms with Gasteiger partial charge in [0, 0.05) is 17.5 Å². The molecule has 2 aromatic heterocycles. The van der Waals surface area contributed by atoms with E-state index in [2.05, 4.69) is 30.9 Å². The van der Waals surface area contributed by atoms with Crippen LogP contribution in [0, 0.1) is 5.82 Å². The molecule has 1 unspecified atom stereocenters. The van der Waals surface area contributed by atoms with Gasteiger partial charge in [0.15, 0.2) is 6.10 Å². The maximum Gasteiger partial charge on any atom is 0.408 e. The van der Waals surface area contributed by atoms with Crippen LogP contribution < -0.4 is 15.4 Å². The topological polar surface area (TPSA) is 181 Å². The van der Waals surface area contributed by atoms with Crippen LogP contribution in [-0.4, -0.2) is 63.0 Å². The fraction of sp³-hybridized carbons (Fsp3) is 0.406. The second-order valence-electron chi connectivity index (χ2n) is 11.5. The molecule has 2 amide bonds. The van der Waals surface area contributed by atoms with Crippen molar-refractivity contribution in [1.82, 2.24) is 30.9 Å². The summed E-state index contributed by atoms with van der Waals surface area (Å²) in [6, 6.07) is 10.4. The van der Waals surface area contributed by atoms with E-state index in [9.17, 15) is 14.4 Å². The van der Waals surface area contributed by atoms with Crippen LogP contribution in [0.15, 0.2) is 51.5 Å². The highest BCUT2D eigenvalue weighted by atomic mass is 19.1. The molecule has 2 aromatic carbocycles. The monoisotopic (exact) mass is 652 g/mol. The molecular formula is C32H37FN6O8. The number of hydrogen-bond donors (Lipinski definition) is 2. The minimum atomic E-state index is -0.812.